The van der Waals surface area contributed by atoms with Crippen LogP contribution in [0.1, 0.15) is 24.5 Å². The molecule has 0 radical (unpaired) electrons. The number of nitrogens with zero attached hydrogens (tertiary/aromatic N) is 1. The smallest absolute Gasteiger partial charge is 0.275 e. The number of rotatable bonds is 6. The van der Waals surface area contributed by atoms with Gasteiger partial charge >= 0.3 is 0 Å². The van der Waals surface area contributed by atoms with Crippen LogP contribution in [0.4, 0.5) is 20.2 Å². The Morgan fingerprint density at radius 2 is 1.67 bits per heavy atom. The minimum Gasteiger partial charge on any atom is -0.359 e. The molecule has 1 aliphatic heterocycles. The fraction of sp³-hybridized carbons (Fsp3) is 0.176. The Morgan fingerprint density at radius 1 is 1.00 bits per heavy atom. The Labute approximate surface area is 242 Å². The van der Waals surface area contributed by atoms with E-state index in [9.17, 15) is 14.4 Å². The van der Waals surface area contributed by atoms with E-state index in [0.717, 1.165) is 6.08 Å². The topological polar surface area (TPSA) is 78.5 Å². The minimum absolute atomic E-state index is 0.120. The van der Waals surface area contributed by atoms with Gasteiger partial charge in [-0.15, -0.1) is 0 Å². The minimum atomic E-state index is -3.31. The van der Waals surface area contributed by atoms with E-state index in [1.54, 1.807) is 96.8 Å². The maximum absolute atomic E-state index is 15.6. The molecule has 2 N–H and O–H groups in total. The number of nitrogens with one attached hydrogen (secondary N) is 2. The molecule has 0 saturated carbocycles. The molecule has 1 atom stereocenters. The molecule has 3 aromatic carbocycles. The van der Waals surface area contributed by atoms with E-state index in [1.165, 1.54) is 0 Å². The van der Waals surface area contributed by atoms with Gasteiger partial charge in [-0.05, 0) is 30.7 Å². The third-order valence-corrected chi connectivity index (χ3v) is 7.25. The normalized spacial score (nSPS) is 18.6. The lowest BCUT2D eigenvalue weighted by Crippen LogP contribution is -2.39. The number of benzene rings is 3. The number of hydrogen-bond donors (Lipinski definition) is 2. The van der Waals surface area contributed by atoms with E-state index in [0.29, 0.717) is 29.1 Å². The van der Waals surface area contributed by atoms with Gasteiger partial charge in [0, 0.05) is 59.2 Å². The van der Waals surface area contributed by atoms with Crippen LogP contribution in [0, 0.1) is 0 Å². The maximum atomic E-state index is 15.6. The number of hydrogen-bond acceptors (Lipinski definition) is 4. The lowest BCUT2D eigenvalue weighted by molar-refractivity contribution is -0.116. The Hall–Kier alpha value is -5.07. The molecular formula is C34H29F2N3O3. The molecule has 0 fully saturated rings. The van der Waals surface area contributed by atoms with Crippen LogP contribution >= 0.6 is 0 Å². The van der Waals surface area contributed by atoms with Crippen LogP contribution in [-0.4, -0.2) is 42.8 Å². The average molecular weight is 566 g/mol. The van der Waals surface area contributed by atoms with Crippen LogP contribution < -0.4 is 15.5 Å². The second-order valence-electron chi connectivity index (χ2n) is 9.91. The second-order valence-corrected chi connectivity index (χ2v) is 9.91. The van der Waals surface area contributed by atoms with Crippen LogP contribution in [-0.2, 0) is 14.4 Å². The van der Waals surface area contributed by atoms with Crippen molar-refractivity contribution in [2.45, 2.75) is 25.3 Å². The summed E-state index contributed by atoms with van der Waals surface area (Å²) in [6.45, 7) is 1.90. The highest BCUT2D eigenvalue weighted by atomic mass is 19.3. The zero-order chi connectivity index (χ0) is 29.7. The molecule has 2 aliphatic rings. The summed E-state index contributed by atoms with van der Waals surface area (Å²) in [7, 11) is 0. The standard InChI is InChI=1S/C34H29F2N3O3/c1-2-37-31(41)21-28-25-15-9-10-16-29(25)39(20-19-34(28,35)36)30-18-17-26(33(42)38-24-13-7-4-8-14-24)32(27(30)22-40)23-11-5-3-6-12-23/h3-18,21,30H,2,19-20H2,1H3,(H,37,41)(H,38,42). The van der Waals surface area contributed by atoms with Crippen LogP contribution in [0.3, 0.4) is 0 Å². The molecule has 1 heterocycles. The van der Waals surface area contributed by atoms with Crippen molar-refractivity contribution >= 4 is 40.3 Å². The van der Waals surface area contributed by atoms with Crippen molar-refractivity contribution in [2.75, 3.05) is 23.3 Å². The third kappa shape index (κ3) is 5.71. The van der Waals surface area contributed by atoms with Gasteiger partial charge in [-0.2, -0.15) is 0 Å². The van der Waals surface area contributed by atoms with Gasteiger partial charge in [-0.25, -0.2) is 13.6 Å². The van der Waals surface area contributed by atoms with E-state index < -0.39 is 30.2 Å². The zero-order valence-corrected chi connectivity index (χ0v) is 22.9. The van der Waals surface area contributed by atoms with Gasteiger partial charge in [0.2, 0.25) is 5.91 Å². The van der Waals surface area contributed by atoms with Crippen molar-refractivity contribution in [3.05, 3.63) is 125 Å². The first-order valence-corrected chi connectivity index (χ1v) is 13.7. The number of likely N-dealkylation sites (N-methyl/N-ethyl adjacent to an activating group) is 1. The van der Waals surface area contributed by atoms with Gasteiger partial charge < -0.3 is 15.5 Å². The number of fused-ring (bicyclic) bond motifs is 1. The molecule has 42 heavy (non-hydrogen) atoms. The number of carbonyl (C=O) groups is 2. The number of anilines is 2. The largest absolute Gasteiger partial charge is 0.359 e. The molecule has 0 spiro atoms. The number of amides is 2. The Morgan fingerprint density at radius 3 is 2.36 bits per heavy atom. The molecule has 2 amide bonds. The van der Waals surface area contributed by atoms with Crippen molar-refractivity contribution in [3.63, 3.8) is 0 Å². The summed E-state index contributed by atoms with van der Waals surface area (Å²) in [4.78, 5) is 40.3. The fourth-order valence-electron chi connectivity index (χ4n) is 5.35. The number of para-hydroxylation sites is 2. The summed E-state index contributed by atoms with van der Waals surface area (Å²) in [5.74, 6) is -2.28. The lowest BCUT2D eigenvalue weighted by Gasteiger charge is -2.35. The van der Waals surface area contributed by atoms with Crippen LogP contribution in [0.15, 0.2) is 114 Å². The number of carbonyl (C=O) groups excluding carboxylic acids is 3. The van der Waals surface area contributed by atoms with Gasteiger partial charge in [-0.1, -0.05) is 78.9 Å². The zero-order valence-electron chi connectivity index (χ0n) is 22.9. The van der Waals surface area contributed by atoms with Crippen molar-refractivity contribution < 1.29 is 23.2 Å². The van der Waals surface area contributed by atoms with Crippen LogP contribution in [0.5, 0.6) is 0 Å². The molecule has 0 saturated heterocycles. The first-order valence-electron chi connectivity index (χ1n) is 13.7. The molecule has 0 bridgehead atoms. The molecule has 5 rings (SSSR count). The highest BCUT2D eigenvalue weighted by molar-refractivity contribution is 6.15. The summed E-state index contributed by atoms with van der Waals surface area (Å²) < 4.78 is 31.2. The fourth-order valence-corrected chi connectivity index (χ4v) is 5.35. The van der Waals surface area contributed by atoms with Gasteiger partial charge in [0.1, 0.15) is 5.94 Å². The van der Waals surface area contributed by atoms with Gasteiger partial charge in [0.15, 0.2) is 0 Å². The quantitative estimate of drug-likeness (QED) is 0.291. The van der Waals surface area contributed by atoms with Crippen molar-refractivity contribution in [1.82, 2.24) is 5.32 Å². The third-order valence-electron chi connectivity index (χ3n) is 7.25. The summed E-state index contributed by atoms with van der Waals surface area (Å²) in [6, 6.07) is 23.7. The Kier molecular flexibility index (Phi) is 8.27. The van der Waals surface area contributed by atoms with Gasteiger partial charge in [0.25, 0.3) is 11.8 Å². The van der Waals surface area contributed by atoms with Crippen molar-refractivity contribution in [1.29, 1.82) is 0 Å². The highest BCUT2D eigenvalue weighted by Crippen LogP contribution is 2.45. The van der Waals surface area contributed by atoms with Gasteiger partial charge in [-0.3, -0.25) is 9.59 Å². The number of alkyl halides is 2. The second kappa shape index (κ2) is 12.2. The van der Waals surface area contributed by atoms with E-state index in [2.05, 4.69) is 16.6 Å². The van der Waals surface area contributed by atoms with Gasteiger partial charge in [0.05, 0.1) is 11.6 Å². The summed E-state index contributed by atoms with van der Waals surface area (Å²) in [6.07, 6.45) is 3.67. The Bertz CT molecular complexity index is 1640. The van der Waals surface area contributed by atoms with Crippen LogP contribution in [0.2, 0.25) is 0 Å². The molecule has 3 aromatic rings. The lowest BCUT2D eigenvalue weighted by atomic mass is 9.84. The SMILES string of the molecule is CCNC(=O)C=C1c2ccccc2N(C2C=CC(C(=O)Nc3ccccc3)=C(c3ccccc3)C2=C=O)CCC1(F)F. The van der Waals surface area contributed by atoms with E-state index >= 15 is 8.78 Å². The predicted molar refractivity (Wildman–Crippen MR) is 161 cm³/mol. The highest BCUT2D eigenvalue weighted by Gasteiger charge is 2.42. The van der Waals surface area contributed by atoms with Crippen molar-refractivity contribution in [3.8, 4) is 0 Å². The molecule has 8 heteroatoms. The van der Waals surface area contributed by atoms with E-state index in [1.807, 2.05) is 12.1 Å². The number of halogens is 2. The molecule has 0 aromatic heterocycles. The van der Waals surface area contributed by atoms with E-state index in [4.69, 9.17) is 0 Å². The van der Waals surface area contributed by atoms with Crippen molar-refractivity contribution in [2.24, 2.45) is 0 Å². The van der Waals surface area contributed by atoms with Crippen LogP contribution in [0.25, 0.3) is 11.1 Å². The summed E-state index contributed by atoms with van der Waals surface area (Å²) in [5.41, 5.74) is 2.24. The summed E-state index contributed by atoms with van der Waals surface area (Å²) in [5, 5.41) is 5.43. The molecular weight excluding hydrogens is 536 g/mol. The maximum Gasteiger partial charge on any atom is 0.275 e. The molecule has 6 nitrogen and oxygen atoms in total. The number of allylic oxidation sites excluding steroid dienone is 1. The monoisotopic (exact) mass is 565 g/mol. The Balaban J connectivity index is 1.61. The predicted octanol–water partition coefficient (Wildman–Crippen LogP) is 5.84. The first kappa shape index (κ1) is 28.5. The average Bonchev–Trinajstić information content (AvgIpc) is 3.11. The summed E-state index contributed by atoms with van der Waals surface area (Å²) >= 11 is 0. The molecule has 1 aliphatic carbocycles. The van der Waals surface area contributed by atoms with E-state index in [-0.39, 0.29) is 28.8 Å². The first-order chi connectivity index (χ1) is 20.3. The molecule has 1 unspecified atom stereocenters. The molecule has 212 valence electrons.